The molecular formula is C37H23N3O. The van der Waals surface area contributed by atoms with Gasteiger partial charge in [0.25, 0.3) is 0 Å². The molecule has 0 aliphatic heterocycles. The number of furan rings is 1. The average molecular weight is 526 g/mol. The van der Waals surface area contributed by atoms with E-state index in [9.17, 15) is 0 Å². The Morgan fingerprint density at radius 2 is 1.05 bits per heavy atom. The second-order valence-electron chi connectivity index (χ2n) is 10.1. The topological polar surface area (TPSA) is 51.8 Å². The van der Waals surface area contributed by atoms with Gasteiger partial charge in [0.1, 0.15) is 11.2 Å². The van der Waals surface area contributed by atoms with Crippen LogP contribution in [0.5, 0.6) is 0 Å². The van der Waals surface area contributed by atoms with Crippen LogP contribution >= 0.6 is 0 Å². The third-order valence-electron chi connectivity index (χ3n) is 7.47. The van der Waals surface area contributed by atoms with Crippen molar-refractivity contribution in [2.45, 2.75) is 0 Å². The summed E-state index contributed by atoms with van der Waals surface area (Å²) in [5.41, 5.74) is 9.27. The molecule has 8 rings (SSSR count). The molecule has 0 saturated heterocycles. The van der Waals surface area contributed by atoms with Gasteiger partial charge in [-0.05, 0) is 30.3 Å². The molecule has 0 spiro atoms. The molecule has 0 saturated carbocycles. The largest absolute Gasteiger partial charge is 0.455 e. The molecule has 41 heavy (non-hydrogen) atoms. The number of rotatable bonds is 4. The minimum Gasteiger partial charge on any atom is -0.455 e. The quantitative estimate of drug-likeness (QED) is 0.230. The van der Waals surface area contributed by atoms with Gasteiger partial charge in [-0.3, -0.25) is 0 Å². The maximum absolute atomic E-state index is 6.41. The summed E-state index contributed by atoms with van der Waals surface area (Å²) in [5, 5.41) is 3.09. The number of aromatic nitrogens is 3. The van der Waals surface area contributed by atoms with E-state index in [1.54, 1.807) is 0 Å². The van der Waals surface area contributed by atoms with Gasteiger partial charge in [-0.2, -0.15) is 0 Å². The first-order chi connectivity index (χ1) is 20.3. The summed E-state index contributed by atoms with van der Waals surface area (Å²) in [7, 11) is 0. The normalized spacial score (nSPS) is 11.4. The van der Waals surface area contributed by atoms with Crippen molar-refractivity contribution in [2.24, 2.45) is 0 Å². The zero-order chi connectivity index (χ0) is 27.2. The highest BCUT2D eigenvalue weighted by molar-refractivity contribution is 6.19. The van der Waals surface area contributed by atoms with Gasteiger partial charge in [0, 0.05) is 33.0 Å². The molecule has 0 radical (unpaired) electrons. The molecule has 192 valence electrons. The van der Waals surface area contributed by atoms with Crippen molar-refractivity contribution in [2.75, 3.05) is 0 Å². The number of para-hydroxylation sites is 2. The van der Waals surface area contributed by atoms with Crippen LogP contribution < -0.4 is 0 Å². The van der Waals surface area contributed by atoms with E-state index in [-0.39, 0.29) is 0 Å². The zero-order valence-corrected chi connectivity index (χ0v) is 22.0. The number of hydrogen-bond donors (Lipinski definition) is 0. The maximum atomic E-state index is 6.41. The second-order valence-corrected chi connectivity index (χ2v) is 10.1. The Morgan fingerprint density at radius 3 is 1.85 bits per heavy atom. The first-order valence-electron chi connectivity index (χ1n) is 13.6. The SMILES string of the molecule is c1ccc(-c2cc(-c3cccc(-c4nc5ccccc5c5oc6ccccc6c45)c3)nc(-c3ccccc3)n2)cc1. The Kier molecular flexibility index (Phi) is 5.42. The van der Waals surface area contributed by atoms with Crippen LogP contribution in [0.3, 0.4) is 0 Å². The van der Waals surface area contributed by atoms with Gasteiger partial charge >= 0.3 is 0 Å². The van der Waals surface area contributed by atoms with E-state index in [1.807, 2.05) is 84.9 Å². The first-order valence-corrected chi connectivity index (χ1v) is 13.6. The molecule has 0 N–H and O–H groups in total. The van der Waals surface area contributed by atoms with Gasteiger partial charge in [-0.15, -0.1) is 0 Å². The fourth-order valence-electron chi connectivity index (χ4n) is 5.51. The molecular weight excluding hydrogens is 502 g/mol. The molecule has 0 fully saturated rings. The van der Waals surface area contributed by atoms with Crippen LogP contribution in [0, 0.1) is 0 Å². The molecule has 3 heterocycles. The highest BCUT2D eigenvalue weighted by Crippen LogP contribution is 2.40. The van der Waals surface area contributed by atoms with Crippen LogP contribution in [0.4, 0.5) is 0 Å². The molecule has 0 unspecified atom stereocenters. The van der Waals surface area contributed by atoms with Gasteiger partial charge in [-0.25, -0.2) is 15.0 Å². The monoisotopic (exact) mass is 525 g/mol. The zero-order valence-electron chi connectivity index (χ0n) is 22.0. The molecule has 0 amide bonds. The Balaban J connectivity index is 1.36. The van der Waals surface area contributed by atoms with Gasteiger partial charge < -0.3 is 4.42 Å². The Labute approximate surface area is 236 Å². The predicted octanol–water partition coefficient (Wildman–Crippen LogP) is 9.59. The van der Waals surface area contributed by atoms with Crippen molar-refractivity contribution in [3.8, 4) is 45.2 Å². The van der Waals surface area contributed by atoms with E-state index < -0.39 is 0 Å². The fraction of sp³-hybridized carbons (Fsp3) is 0. The first kappa shape index (κ1) is 23.3. The van der Waals surface area contributed by atoms with Crippen LogP contribution in [-0.2, 0) is 0 Å². The average Bonchev–Trinajstić information content (AvgIpc) is 3.45. The lowest BCUT2D eigenvalue weighted by Gasteiger charge is -2.11. The number of pyridine rings is 1. The summed E-state index contributed by atoms with van der Waals surface area (Å²) >= 11 is 0. The lowest BCUT2D eigenvalue weighted by atomic mass is 9.99. The van der Waals surface area contributed by atoms with Crippen LogP contribution in [-0.4, -0.2) is 15.0 Å². The molecule has 0 bridgehead atoms. The number of fused-ring (bicyclic) bond motifs is 5. The summed E-state index contributed by atoms with van der Waals surface area (Å²) < 4.78 is 6.41. The molecule has 0 atom stereocenters. The van der Waals surface area contributed by atoms with E-state index in [1.165, 1.54) is 0 Å². The van der Waals surface area contributed by atoms with Crippen molar-refractivity contribution in [3.05, 3.63) is 140 Å². The third kappa shape index (κ3) is 4.05. The molecule has 4 heteroatoms. The van der Waals surface area contributed by atoms with E-state index in [0.717, 1.165) is 72.2 Å². The Bertz CT molecular complexity index is 2140. The van der Waals surface area contributed by atoms with Gasteiger partial charge in [0.2, 0.25) is 0 Å². The van der Waals surface area contributed by atoms with Crippen molar-refractivity contribution in [1.29, 1.82) is 0 Å². The van der Waals surface area contributed by atoms with Gasteiger partial charge in [-0.1, -0.05) is 109 Å². The number of hydrogen-bond acceptors (Lipinski definition) is 4. The smallest absolute Gasteiger partial charge is 0.160 e. The summed E-state index contributed by atoms with van der Waals surface area (Å²) in [6.45, 7) is 0. The van der Waals surface area contributed by atoms with E-state index in [0.29, 0.717) is 5.82 Å². The fourth-order valence-corrected chi connectivity index (χ4v) is 5.51. The summed E-state index contributed by atoms with van der Waals surface area (Å²) in [6, 6.07) is 47.2. The van der Waals surface area contributed by atoms with Gasteiger partial charge in [0.05, 0.1) is 28.0 Å². The maximum Gasteiger partial charge on any atom is 0.160 e. The van der Waals surface area contributed by atoms with E-state index in [2.05, 4.69) is 54.6 Å². The van der Waals surface area contributed by atoms with Crippen LogP contribution in [0.25, 0.3) is 78.0 Å². The molecule has 3 aromatic heterocycles. The van der Waals surface area contributed by atoms with Crippen LogP contribution in [0.1, 0.15) is 0 Å². The summed E-state index contributed by atoms with van der Waals surface area (Å²) in [6.07, 6.45) is 0. The van der Waals surface area contributed by atoms with E-state index >= 15 is 0 Å². The van der Waals surface area contributed by atoms with Crippen molar-refractivity contribution in [3.63, 3.8) is 0 Å². The lowest BCUT2D eigenvalue weighted by Crippen LogP contribution is -1.96. The predicted molar refractivity (Wildman–Crippen MR) is 166 cm³/mol. The second kappa shape index (κ2) is 9.54. The van der Waals surface area contributed by atoms with Crippen molar-refractivity contribution in [1.82, 2.24) is 15.0 Å². The highest BCUT2D eigenvalue weighted by Gasteiger charge is 2.18. The third-order valence-corrected chi connectivity index (χ3v) is 7.47. The molecule has 4 nitrogen and oxygen atoms in total. The van der Waals surface area contributed by atoms with Crippen molar-refractivity contribution >= 4 is 32.8 Å². The molecule has 0 aliphatic carbocycles. The molecule has 5 aromatic carbocycles. The molecule has 8 aromatic rings. The summed E-state index contributed by atoms with van der Waals surface area (Å²) in [4.78, 5) is 15.2. The minimum absolute atomic E-state index is 0.694. The lowest BCUT2D eigenvalue weighted by molar-refractivity contribution is 0.672. The summed E-state index contributed by atoms with van der Waals surface area (Å²) in [5.74, 6) is 0.694. The highest BCUT2D eigenvalue weighted by atomic mass is 16.3. The molecule has 0 aliphatic rings. The van der Waals surface area contributed by atoms with E-state index in [4.69, 9.17) is 19.4 Å². The number of benzene rings is 5. The minimum atomic E-state index is 0.694. The Hall–Kier alpha value is -5.61. The van der Waals surface area contributed by atoms with Crippen molar-refractivity contribution < 1.29 is 4.42 Å². The van der Waals surface area contributed by atoms with Gasteiger partial charge in [0.15, 0.2) is 5.82 Å². The number of nitrogens with zero attached hydrogens (tertiary/aromatic N) is 3. The van der Waals surface area contributed by atoms with Crippen LogP contribution in [0.15, 0.2) is 144 Å². The standard InChI is InChI=1S/C37H23N3O/c1-3-12-24(13-4-1)31-23-32(40-37(39-31)25-14-5-2-6-15-25)26-16-11-17-27(22-26)35-34-29-19-8-10-21-33(29)41-36(34)28-18-7-9-20-30(28)38-35/h1-23H. The van der Waals surface area contributed by atoms with Crippen LogP contribution in [0.2, 0.25) is 0 Å². The Morgan fingerprint density at radius 1 is 0.439 bits per heavy atom.